The fourth-order valence-corrected chi connectivity index (χ4v) is 1.66. The van der Waals surface area contributed by atoms with Crippen molar-refractivity contribution >= 4 is 11.9 Å². The lowest BCUT2D eigenvalue weighted by atomic mass is 10.1. The molecule has 0 saturated heterocycles. The van der Waals surface area contributed by atoms with E-state index in [1.165, 1.54) is 18.7 Å². The summed E-state index contributed by atoms with van der Waals surface area (Å²) in [5, 5.41) is 0. The van der Waals surface area contributed by atoms with E-state index in [2.05, 4.69) is 0 Å². The minimum Gasteiger partial charge on any atom is -0.473 e. The summed E-state index contributed by atoms with van der Waals surface area (Å²) in [4.78, 5) is 24.8. The number of benzene rings is 1. The normalized spacial score (nSPS) is 11.0. The van der Waals surface area contributed by atoms with E-state index in [1.807, 2.05) is 0 Å². The highest BCUT2D eigenvalue weighted by Gasteiger charge is 2.32. The van der Waals surface area contributed by atoms with E-state index in [9.17, 15) is 18.4 Å². The maximum absolute atomic E-state index is 13.6. The Labute approximate surface area is 134 Å². The lowest BCUT2D eigenvalue weighted by Gasteiger charge is -2.24. The third kappa shape index (κ3) is 5.84. The molecule has 0 bridgehead atoms. The van der Waals surface area contributed by atoms with Crippen molar-refractivity contribution in [2.45, 2.75) is 32.3 Å². The highest BCUT2D eigenvalue weighted by Crippen LogP contribution is 2.23. The number of hydrogen-bond donors (Lipinski definition) is 0. The standard InChI is InChI=1S/C16H21F2NO4/c1-16(2,23-13-8-7-11(17)10-12(13)18)15(21)22-9-5-6-14(20)19(3)4/h7-8,10H,5-6,9H2,1-4H3. The molecular weight excluding hydrogens is 308 g/mol. The molecule has 0 N–H and O–H groups in total. The maximum atomic E-state index is 13.6. The van der Waals surface area contributed by atoms with Gasteiger partial charge in [0.1, 0.15) is 5.82 Å². The lowest BCUT2D eigenvalue weighted by Crippen LogP contribution is -2.40. The molecule has 0 radical (unpaired) electrons. The van der Waals surface area contributed by atoms with Gasteiger partial charge in [0.25, 0.3) is 0 Å². The molecule has 0 heterocycles. The van der Waals surface area contributed by atoms with Crippen molar-refractivity contribution in [3.63, 3.8) is 0 Å². The van der Waals surface area contributed by atoms with E-state index in [0.717, 1.165) is 12.1 Å². The molecule has 128 valence electrons. The van der Waals surface area contributed by atoms with Crippen LogP contribution in [0.25, 0.3) is 0 Å². The average molecular weight is 329 g/mol. The first-order chi connectivity index (χ1) is 10.6. The fraction of sp³-hybridized carbons (Fsp3) is 0.500. The number of ether oxygens (including phenoxy) is 2. The largest absolute Gasteiger partial charge is 0.473 e. The molecule has 5 nitrogen and oxygen atoms in total. The Morgan fingerprint density at radius 1 is 1.22 bits per heavy atom. The van der Waals surface area contributed by atoms with E-state index < -0.39 is 23.2 Å². The van der Waals surface area contributed by atoms with Crippen LogP contribution in [0.5, 0.6) is 5.75 Å². The second kappa shape index (κ2) is 7.89. The van der Waals surface area contributed by atoms with Crippen LogP contribution in [-0.2, 0) is 14.3 Å². The molecule has 1 aromatic carbocycles. The molecule has 1 aromatic rings. The predicted octanol–water partition coefficient (Wildman–Crippen LogP) is 2.53. The first-order valence-electron chi connectivity index (χ1n) is 7.15. The zero-order valence-corrected chi connectivity index (χ0v) is 13.7. The van der Waals surface area contributed by atoms with Crippen molar-refractivity contribution in [1.82, 2.24) is 4.90 Å². The first-order valence-corrected chi connectivity index (χ1v) is 7.15. The molecule has 23 heavy (non-hydrogen) atoms. The van der Waals surface area contributed by atoms with Crippen LogP contribution in [0.15, 0.2) is 18.2 Å². The summed E-state index contributed by atoms with van der Waals surface area (Å²) in [6, 6.07) is 2.81. The van der Waals surface area contributed by atoms with Crippen LogP contribution in [0.1, 0.15) is 26.7 Å². The van der Waals surface area contributed by atoms with Gasteiger partial charge in [0.2, 0.25) is 5.91 Å². The minimum atomic E-state index is -1.44. The monoisotopic (exact) mass is 329 g/mol. The molecule has 7 heteroatoms. The summed E-state index contributed by atoms with van der Waals surface area (Å²) >= 11 is 0. The Hall–Kier alpha value is -2.18. The zero-order valence-electron chi connectivity index (χ0n) is 13.7. The van der Waals surface area contributed by atoms with Gasteiger partial charge in [0, 0.05) is 26.6 Å². The number of carbonyl (C=O) groups excluding carboxylic acids is 2. The number of esters is 1. The predicted molar refractivity (Wildman–Crippen MR) is 80.0 cm³/mol. The third-order valence-electron chi connectivity index (χ3n) is 3.02. The molecular formula is C16H21F2NO4. The molecule has 0 aromatic heterocycles. The summed E-state index contributed by atoms with van der Waals surface area (Å²) in [7, 11) is 3.28. The molecule has 0 fully saturated rings. The molecule has 0 unspecified atom stereocenters. The van der Waals surface area contributed by atoms with E-state index in [1.54, 1.807) is 14.1 Å². The van der Waals surface area contributed by atoms with Gasteiger partial charge in [-0.15, -0.1) is 0 Å². The van der Waals surface area contributed by atoms with Crippen LogP contribution >= 0.6 is 0 Å². The van der Waals surface area contributed by atoms with Gasteiger partial charge in [-0.2, -0.15) is 0 Å². The Bertz CT molecular complexity index is 573. The summed E-state index contributed by atoms with van der Waals surface area (Å²) in [5.41, 5.74) is -1.44. The molecule has 0 aliphatic heterocycles. The third-order valence-corrected chi connectivity index (χ3v) is 3.02. The second-order valence-electron chi connectivity index (χ2n) is 5.71. The van der Waals surface area contributed by atoms with Crippen LogP contribution in [0.3, 0.4) is 0 Å². The SMILES string of the molecule is CN(C)C(=O)CCCOC(=O)C(C)(C)Oc1ccc(F)cc1F. The summed E-state index contributed by atoms with van der Waals surface area (Å²) in [6.45, 7) is 2.89. The van der Waals surface area contributed by atoms with Gasteiger partial charge in [0.05, 0.1) is 6.61 Å². The molecule has 0 saturated carbocycles. The van der Waals surface area contributed by atoms with Crippen LogP contribution in [0.2, 0.25) is 0 Å². The van der Waals surface area contributed by atoms with E-state index in [-0.39, 0.29) is 24.7 Å². The number of rotatable bonds is 7. The highest BCUT2D eigenvalue weighted by molar-refractivity contribution is 5.79. The minimum absolute atomic E-state index is 0.0527. The molecule has 0 aliphatic rings. The number of hydrogen-bond acceptors (Lipinski definition) is 4. The van der Waals surface area contributed by atoms with E-state index >= 15 is 0 Å². The van der Waals surface area contributed by atoms with Crippen LogP contribution in [-0.4, -0.2) is 43.1 Å². The van der Waals surface area contributed by atoms with Crippen molar-refractivity contribution < 1.29 is 27.8 Å². The van der Waals surface area contributed by atoms with Crippen molar-refractivity contribution in [3.05, 3.63) is 29.8 Å². The van der Waals surface area contributed by atoms with Gasteiger partial charge >= 0.3 is 5.97 Å². The number of nitrogens with zero attached hydrogens (tertiary/aromatic N) is 1. The van der Waals surface area contributed by atoms with Gasteiger partial charge in [-0.1, -0.05) is 0 Å². The number of halogens is 2. The second-order valence-corrected chi connectivity index (χ2v) is 5.71. The van der Waals surface area contributed by atoms with Gasteiger partial charge in [0.15, 0.2) is 17.2 Å². The quantitative estimate of drug-likeness (QED) is 0.570. The zero-order chi connectivity index (χ0) is 17.6. The number of carbonyl (C=O) groups is 2. The van der Waals surface area contributed by atoms with Crippen molar-refractivity contribution in [3.8, 4) is 5.75 Å². The van der Waals surface area contributed by atoms with Gasteiger partial charge in [-0.05, 0) is 32.4 Å². The topological polar surface area (TPSA) is 55.8 Å². The molecule has 1 amide bonds. The summed E-state index contributed by atoms with van der Waals surface area (Å²) in [5.74, 6) is -2.64. The van der Waals surface area contributed by atoms with Crippen molar-refractivity contribution in [2.75, 3.05) is 20.7 Å². The molecule has 0 atom stereocenters. The smallest absolute Gasteiger partial charge is 0.349 e. The van der Waals surface area contributed by atoms with E-state index in [0.29, 0.717) is 12.5 Å². The number of amides is 1. The Kier molecular flexibility index (Phi) is 6.48. The summed E-state index contributed by atoms with van der Waals surface area (Å²) < 4.78 is 36.7. The van der Waals surface area contributed by atoms with Crippen molar-refractivity contribution in [2.24, 2.45) is 0 Å². The van der Waals surface area contributed by atoms with Gasteiger partial charge in [-0.25, -0.2) is 13.6 Å². The Morgan fingerprint density at radius 3 is 2.43 bits per heavy atom. The average Bonchev–Trinajstić information content (AvgIpc) is 2.45. The molecule has 0 spiro atoms. The van der Waals surface area contributed by atoms with Crippen LogP contribution < -0.4 is 4.74 Å². The van der Waals surface area contributed by atoms with Crippen LogP contribution in [0, 0.1) is 11.6 Å². The Balaban J connectivity index is 2.52. The molecule has 1 rings (SSSR count). The first kappa shape index (κ1) is 18.9. The van der Waals surface area contributed by atoms with Gasteiger partial charge in [-0.3, -0.25) is 4.79 Å². The van der Waals surface area contributed by atoms with Gasteiger partial charge < -0.3 is 14.4 Å². The maximum Gasteiger partial charge on any atom is 0.349 e. The lowest BCUT2D eigenvalue weighted by molar-refractivity contribution is -0.159. The summed E-state index contributed by atoms with van der Waals surface area (Å²) in [6.07, 6.45) is 0.637. The molecule has 0 aliphatic carbocycles. The van der Waals surface area contributed by atoms with Crippen molar-refractivity contribution in [1.29, 1.82) is 0 Å². The van der Waals surface area contributed by atoms with Crippen LogP contribution in [0.4, 0.5) is 8.78 Å². The fourth-order valence-electron chi connectivity index (χ4n) is 1.66. The highest BCUT2D eigenvalue weighted by atomic mass is 19.1. The Morgan fingerprint density at radius 2 is 1.87 bits per heavy atom. The van der Waals surface area contributed by atoms with E-state index in [4.69, 9.17) is 9.47 Å².